The fourth-order valence-corrected chi connectivity index (χ4v) is 4.46. The van der Waals surface area contributed by atoms with Gasteiger partial charge in [-0.25, -0.2) is 0 Å². The lowest BCUT2D eigenvalue weighted by atomic mass is 10.1. The van der Waals surface area contributed by atoms with E-state index in [4.69, 9.17) is 15.2 Å². The predicted octanol–water partition coefficient (Wildman–Crippen LogP) is 6.05. The summed E-state index contributed by atoms with van der Waals surface area (Å²) in [7, 11) is 3.35. The summed E-state index contributed by atoms with van der Waals surface area (Å²) >= 11 is 0. The van der Waals surface area contributed by atoms with Gasteiger partial charge in [-0.15, -0.1) is 0 Å². The van der Waals surface area contributed by atoms with Gasteiger partial charge in [0, 0.05) is 80.5 Å². The molecular weight excluding hydrogens is 456 g/mol. The minimum Gasteiger partial charge on any atom is -0.399 e. The molecule has 2 aromatic carbocycles. The first kappa shape index (κ1) is 27.0. The Balaban J connectivity index is 0.000000202. The first-order valence-electron chi connectivity index (χ1n) is 12.2. The smallest absolute Gasteiger partial charge is 0.270 e. The van der Waals surface area contributed by atoms with Crippen molar-refractivity contribution in [3.05, 3.63) is 76.1 Å². The summed E-state index contributed by atoms with van der Waals surface area (Å²) in [6.07, 6.45) is 9.84. The van der Waals surface area contributed by atoms with Crippen LogP contribution in [0.2, 0.25) is 0 Å². The number of aryl methyl sites for hydroxylation is 3. The minimum absolute atomic E-state index is 0.110. The maximum Gasteiger partial charge on any atom is 0.270 e. The van der Waals surface area contributed by atoms with Gasteiger partial charge in [0.25, 0.3) is 5.69 Å². The number of ether oxygens (including phenoxy) is 2. The molecule has 8 nitrogen and oxygen atoms in total. The van der Waals surface area contributed by atoms with Crippen molar-refractivity contribution < 1.29 is 14.4 Å². The number of nitro groups is 1. The Morgan fingerprint density at radius 1 is 0.972 bits per heavy atom. The molecule has 192 valence electrons. The number of nitrogen functional groups attached to an aromatic ring is 1. The Morgan fingerprint density at radius 2 is 1.64 bits per heavy atom. The number of nitrogens with zero attached hydrogens (tertiary/aromatic N) is 3. The van der Waals surface area contributed by atoms with Crippen molar-refractivity contribution >= 4 is 39.3 Å². The molecule has 4 aromatic rings. The number of rotatable bonds is 10. The monoisotopic (exact) mass is 492 g/mol. The Kier molecular flexibility index (Phi) is 9.67. The third-order valence-corrected chi connectivity index (χ3v) is 6.08. The Bertz CT molecular complexity index is 1340. The number of nitro benzene ring substituents is 1. The molecule has 0 saturated carbocycles. The van der Waals surface area contributed by atoms with Gasteiger partial charge in [-0.2, -0.15) is 0 Å². The van der Waals surface area contributed by atoms with Crippen LogP contribution in [-0.2, 0) is 29.0 Å². The van der Waals surface area contributed by atoms with Crippen LogP contribution in [0.25, 0.3) is 27.9 Å². The van der Waals surface area contributed by atoms with E-state index in [1.54, 1.807) is 26.4 Å². The Hall–Kier alpha value is -3.62. The van der Waals surface area contributed by atoms with Crippen LogP contribution in [0.5, 0.6) is 0 Å². The SMILES string of the molecule is CCn1ccc2cc(N)cc(CCCOC)c21.CCn1ccc2cc([N+](=O)[O-])cc(/C=C/COC)c21. The second-order valence-corrected chi connectivity index (χ2v) is 8.51. The fraction of sp³-hybridized carbons (Fsp3) is 0.357. The van der Waals surface area contributed by atoms with Crippen molar-refractivity contribution in [2.24, 2.45) is 0 Å². The molecule has 0 radical (unpaired) electrons. The number of anilines is 1. The number of fused-ring (bicyclic) bond motifs is 2. The average molecular weight is 493 g/mol. The molecule has 4 rings (SSSR count). The molecule has 0 spiro atoms. The lowest BCUT2D eigenvalue weighted by Crippen LogP contribution is -1.99. The molecule has 2 aromatic heterocycles. The molecule has 8 heteroatoms. The van der Waals surface area contributed by atoms with Crippen molar-refractivity contribution in [2.45, 2.75) is 39.8 Å². The normalized spacial score (nSPS) is 11.3. The maximum atomic E-state index is 11.0. The summed E-state index contributed by atoms with van der Waals surface area (Å²) < 4.78 is 14.4. The molecule has 0 fully saturated rings. The third kappa shape index (κ3) is 6.33. The second kappa shape index (κ2) is 12.9. The molecule has 2 N–H and O–H groups in total. The van der Waals surface area contributed by atoms with E-state index in [0.717, 1.165) is 54.7 Å². The van der Waals surface area contributed by atoms with E-state index in [0.29, 0.717) is 6.61 Å². The number of methoxy groups -OCH3 is 2. The summed E-state index contributed by atoms with van der Waals surface area (Å²) in [4.78, 5) is 10.6. The van der Waals surface area contributed by atoms with Crippen molar-refractivity contribution in [3.63, 3.8) is 0 Å². The zero-order valence-electron chi connectivity index (χ0n) is 21.6. The molecule has 0 aliphatic heterocycles. The highest BCUT2D eigenvalue weighted by atomic mass is 16.6. The van der Waals surface area contributed by atoms with E-state index in [9.17, 15) is 10.1 Å². The van der Waals surface area contributed by atoms with Gasteiger partial charge < -0.3 is 24.3 Å². The molecule has 0 amide bonds. The van der Waals surface area contributed by atoms with Gasteiger partial charge >= 0.3 is 0 Å². The van der Waals surface area contributed by atoms with Gasteiger partial charge in [0.15, 0.2) is 0 Å². The van der Waals surface area contributed by atoms with Gasteiger partial charge in [0.1, 0.15) is 0 Å². The van der Waals surface area contributed by atoms with E-state index in [1.807, 2.05) is 37.4 Å². The van der Waals surface area contributed by atoms with Crippen molar-refractivity contribution in [1.82, 2.24) is 9.13 Å². The average Bonchev–Trinajstić information content (AvgIpc) is 3.48. The van der Waals surface area contributed by atoms with Crippen LogP contribution in [0.1, 0.15) is 31.4 Å². The zero-order valence-corrected chi connectivity index (χ0v) is 21.6. The Morgan fingerprint density at radius 3 is 2.25 bits per heavy atom. The first-order chi connectivity index (χ1) is 17.4. The maximum absolute atomic E-state index is 11.0. The molecular formula is C28H36N4O4. The topological polar surface area (TPSA) is 97.5 Å². The molecule has 2 heterocycles. The van der Waals surface area contributed by atoms with Gasteiger partial charge in [-0.3, -0.25) is 10.1 Å². The van der Waals surface area contributed by atoms with E-state index in [-0.39, 0.29) is 10.6 Å². The van der Waals surface area contributed by atoms with Crippen LogP contribution in [-0.4, -0.2) is 41.5 Å². The van der Waals surface area contributed by atoms with E-state index < -0.39 is 0 Å². The number of non-ortho nitro benzene ring substituents is 1. The minimum atomic E-state index is -0.365. The lowest BCUT2D eigenvalue weighted by Gasteiger charge is -2.09. The largest absolute Gasteiger partial charge is 0.399 e. The van der Waals surface area contributed by atoms with Crippen LogP contribution in [0.4, 0.5) is 11.4 Å². The number of aromatic nitrogens is 2. The van der Waals surface area contributed by atoms with Gasteiger partial charge in [0.05, 0.1) is 22.6 Å². The number of hydrogen-bond acceptors (Lipinski definition) is 5. The number of benzene rings is 2. The van der Waals surface area contributed by atoms with Crippen LogP contribution >= 0.6 is 0 Å². The van der Waals surface area contributed by atoms with E-state index in [1.165, 1.54) is 16.5 Å². The lowest BCUT2D eigenvalue weighted by molar-refractivity contribution is -0.384. The summed E-state index contributed by atoms with van der Waals surface area (Å²) in [6.45, 7) is 7.30. The van der Waals surface area contributed by atoms with Crippen LogP contribution in [0.3, 0.4) is 0 Å². The van der Waals surface area contributed by atoms with Crippen molar-refractivity contribution in [1.29, 1.82) is 0 Å². The molecule has 36 heavy (non-hydrogen) atoms. The summed E-state index contributed by atoms with van der Waals surface area (Å²) in [6, 6.07) is 11.4. The Labute approximate surface area is 212 Å². The highest BCUT2D eigenvalue weighted by Gasteiger charge is 2.13. The molecule has 0 atom stereocenters. The highest BCUT2D eigenvalue weighted by Crippen LogP contribution is 2.28. The third-order valence-electron chi connectivity index (χ3n) is 6.08. The fourth-order valence-electron chi connectivity index (χ4n) is 4.46. The highest BCUT2D eigenvalue weighted by molar-refractivity contribution is 5.91. The molecule has 0 saturated heterocycles. The summed E-state index contributed by atoms with van der Waals surface area (Å²) in [5.74, 6) is 0. The van der Waals surface area contributed by atoms with Gasteiger partial charge in [0.2, 0.25) is 0 Å². The van der Waals surface area contributed by atoms with Crippen LogP contribution in [0, 0.1) is 10.1 Å². The standard InChI is InChI=1S/C14H16N2O3.C14H20N2O/c1-3-15-7-6-12-10-13(16(17)18)9-11(14(12)15)5-4-8-19-2;1-3-16-7-6-12-10-13(15)9-11(14(12)16)5-4-8-17-2/h4-7,9-10H,3,8H2,1-2H3;6-7,9-10H,3-5,8,15H2,1-2H3/b5-4+;. The summed E-state index contributed by atoms with van der Waals surface area (Å²) in [5, 5.41) is 13.1. The molecule has 0 bridgehead atoms. The number of hydrogen-bond donors (Lipinski definition) is 1. The molecule has 0 aliphatic carbocycles. The van der Waals surface area contributed by atoms with E-state index >= 15 is 0 Å². The quantitative estimate of drug-likeness (QED) is 0.126. The number of nitrogens with two attached hydrogens (primary N) is 1. The van der Waals surface area contributed by atoms with Crippen LogP contribution < -0.4 is 5.73 Å². The zero-order chi connectivity index (χ0) is 26.1. The van der Waals surface area contributed by atoms with Crippen molar-refractivity contribution in [2.75, 3.05) is 33.2 Å². The molecule has 0 aliphatic rings. The second-order valence-electron chi connectivity index (χ2n) is 8.51. The predicted molar refractivity (Wildman–Crippen MR) is 147 cm³/mol. The van der Waals surface area contributed by atoms with Gasteiger partial charge in [-0.05, 0) is 56.5 Å². The first-order valence-corrected chi connectivity index (χ1v) is 12.2. The van der Waals surface area contributed by atoms with Crippen molar-refractivity contribution in [3.8, 4) is 0 Å². The van der Waals surface area contributed by atoms with E-state index in [2.05, 4.69) is 34.4 Å². The van der Waals surface area contributed by atoms with Gasteiger partial charge in [-0.1, -0.05) is 12.2 Å². The molecule has 0 unspecified atom stereocenters. The van der Waals surface area contributed by atoms with Crippen LogP contribution in [0.15, 0.2) is 54.9 Å². The summed E-state index contributed by atoms with van der Waals surface area (Å²) in [5.41, 5.74) is 11.4.